The molecule has 1 rings (SSSR count). The summed E-state index contributed by atoms with van der Waals surface area (Å²) < 4.78 is 0. The molecule has 0 aliphatic heterocycles. The van der Waals surface area contributed by atoms with Crippen LogP contribution in [-0.2, 0) is 4.79 Å². The molecule has 82 valence electrons. The largest absolute Gasteiger partial charge is 0.481 e. The van der Waals surface area contributed by atoms with Gasteiger partial charge in [-0.15, -0.1) is 11.3 Å². The second-order valence-corrected chi connectivity index (χ2v) is 3.74. The first kappa shape index (κ1) is 11.5. The first-order valence-corrected chi connectivity index (χ1v) is 5.33. The zero-order valence-electron chi connectivity index (χ0n) is 8.24. The maximum Gasteiger partial charge on any atom is 0.319 e. The number of carbonyl (C=O) groups is 2. The number of aryl methyl sites for hydroxylation is 1. The van der Waals surface area contributed by atoms with Crippen molar-refractivity contribution in [1.29, 1.82) is 0 Å². The highest BCUT2D eigenvalue weighted by Gasteiger charge is 2.05. The molecule has 0 spiro atoms. The molecule has 0 saturated carbocycles. The number of anilines is 1. The van der Waals surface area contributed by atoms with Gasteiger partial charge in [-0.1, -0.05) is 0 Å². The summed E-state index contributed by atoms with van der Waals surface area (Å²) in [6, 6.07) is -0.377. The minimum atomic E-state index is -0.929. The first-order chi connectivity index (χ1) is 7.09. The lowest BCUT2D eigenvalue weighted by Crippen LogP contribution is -2.30. The third-order valence-electron chi connectivity index (χ3n) is 1.73. The van der Waals surface area contributed by atoms with Gasteiger partial charge in [-0.25, -0.2) is 4.79 Å². The molecule has 0 radical (unpaired) electrons. The van der Waals surface area contributed by atoms with E-state index >= 15 is 0 Å². The predicted octanol–water partition coefficient (Wildman–Crippen LogP) is 1.65. The molecule has 3 N–H and O–H groups in total. The Morgan fingerprint density at radius 1 is 1.47 bits per heavy atom. The van der Waals surface area contributed by atoms with E-state index in [-0.39, 0.29) is 19.0 Å². The van der Waals surface area contributed by atoms with Gasteiger partial charge in [0.25, 0.3) is 0 Å². The van der Waals surface area contributed by atoms with Crippen LogP contribution >= 0.6 is 11.3 Å². The molecule has 1 aromatic rings. The van der Waals surface area contributed by atoms with Crippen molar-refractivity contribution in [3.63, 3.8) is 0 Å². The smallest absolute Gasteiger partial charge is 0.319 e. The van der Waals surface area contributed by atoms with Crippen molar-refractivity contribution in [2.75, 3.05) is 11.9 Å². The average Bonchev–Trinajstić information content (AvgIpc) is 2.51. The van der Waals surface area contributed by atoms with Crippen LogP contribution in [0.4, 0.5) is 10.5 Å². The summed E-state index contributed by atoms with van der Waals surface area (Å²) in [5.74, 6) is -0.929. The van der Waals surface area contributed by atoms with Crippen molar-refractivity contribution in [2.45, 2.75) is 13.3 Å². The molecule has 6 heteroatoms. The zero-order valence-corrected chi connectivity index (χ0v) is 9.06. The number of amides is 2. The van der Waals surface area contributed by atoms with Gasteiger partial charge in [-0.05, 0) is 17.9 Å². The summed E-state index contributed by atoms with van der Waals surface area (Å²) in [7, 11) is 0. The van der Waals surface area contributed by atoms with E-state index in [9.17, 15) is 9.59 Å². The third-order valence-corrected chi connectivity index (χ3v) is 2.59. The highest BCUT2D eigenvalue weighted by molar-refractivity contribution is 7.08. The minimum Gasteiger partial charge on any atom is -0.481 e. The number of carboxylic acids is 1. The number of hydrogen-bond donors (Lipinski definition) is 3. The molecule has 0 atom stereocenters. The molecule has 0 saturated heterocycles. The van der Waals surface area contributed by atoms with Crippen LogP contribution in [0.3, 0.4) is 0 Å². The molecule has 0 fully saturated rings. The van der Waals surface area contributed by atoms with Crippen molar-refractivity contribution >= 4 is 29.0 Å². The van der Waals surface area contributed by atoms with Crippen LogP contribution in [0.25, 0.3) is 0 Å². The van der Waals surface area contributed by atoms with Gasteiger partial charge < -0.3 is 15.7 Å². The van der Waals surface area contributed by atoms with E-state index in [2.05, 4.69) is 10.6 Å². The Hall–Kier alpha value is -1.56. The van der Waals surface area contributed by atoms with Gasteiger partial charge >= 0.3 is 12.0 Å². The predicted molar refractivity (Wildman–Crippen MR) is 58.3 cm³/mol. The Kier molecular flexibility index (Phi) is 4.11. The first-order valence-electron chi connectivity index (χ1n) is 4.39. The molecule has 0 unspecified atom stereocenters. The zero-order chi connectivity index (χ0) is 11.3. The molecular formula is C9H12N2O3S. The summed E-state index contributed by atoms with van der Waals surface area (Å²) in [5.41, 5.74) is 1.75. The maximum absolute atomic E-state index is 11.2. The third kappa shape index (κ3) is 3.99. The number of urea groups is 1. The molecular weight excluding hydrogens is 216 g/mol. The number of carboxylic acid groups (broad SMARTS) is 1. The summed E-state index contributed by atoms with van der Waals surface area (Å²) >= 11 is 1.50. The van der Waals surface area contributed by atoms with Crippen LogP contribution in [-0.4, -0.2) is 23.7 Å². The molecule has 0 aliphatic carbocycles. The number of aliphatic carboxylic acids is 1. The van der Waals surface area contributed by atoms with Crippen molar-refractivity contribution in [3.8, 4) is 0 Å². The number of nitrogens with one attached hydrogen (secondary N) is 2. The Bertz CT molecular complexity index is 362. The van der Waals surface area contributed by atoms with Crippen molar-refractivity contribution in [1.82, 2.24) is 5.32 Å². The van der Waals surface area contributed by atoms with E-state index in [4.69, 9.17) is 5.11 Å². The van der Waals surface area contributed by atoms with Gasteiger partial charge in [0.1, 0.15) is 0 Å². The van der Waals surface area contributed by atoms with E-state index in [1.54, 1.807) is 0 Å². The fourth-order valence-corrected chi connectivity index (χ4v) is 1.72. The van der Waals surface area contributed by atoms with Crippen LogP contribution in [0.5, 0.6) is 0 Å². The van der Waals surface area contributed by atoms with E-state index in [0.29, 0.717) is 0 Å². The average molecular weight is 228 g/mol. The Balaban J connectivity index is 2.31. The summed E-state index contributed by atoms with van der Waals surface area (Å²) in [4.78, 5) is 21.4. The van der Waals surface area contributed by atoms with Crippen LogP contribution in [0.2, 0.25) is 0 Å². The summed E-state index contributed by atoms with van der Waals surface area (Å²) in [5, 5.41) is 17.2. The van der Waals surface area contributed by atoms with Crippen molar-refractivity contribution < 1.29 is 14.7 Å². The quantitative estimate of drug-likeness (QED) is 0.733. The molecule has 0 aliphatic rings. The Morgan fingerprint density at radius 2 is 2.20 bits per heavy atom. The molecule has 1 heterocycles. The monoisotopic (exact) mass is 228 g/mol. The fourth-order valence-electron chi connectivity index (χ4n) is 0.938. The van der Waals surface area contributed by atoms with Crippen LogP contribution in [0.15, 0.2) is 10.8 Å². The normalized spacial score (nSPS) is 9.67. The Labute approximate surface area is 91.1 Å². The lowest BCUT2D eigenvalue weighted by Gasteiger charge is -2.05. The highest BCUT2D eigenvalue weighted by atomic mass is 32.1. The second kappa shape index (κ2) is 5.35. The Morgan fingerprint density at radius 3 is 2.73 bits per heavy atom. The van der Waals surface area contributed by atoms with Crippen molar-refractivity contribution in [2.24, 2.45) is 0 Å². The number of thiophene rings is 1. The summed E-state index contributed by atoms with van der Waals surface area (Å²) in [6.45, 7) is 2.02. The lowest BCUT2D eigenvalue weighted by molar-refractivity contribution is -0.136. The SMILES string of the molecule is Cc1cscc1NC(=O)NCCC(=O)O. The number of rotatable bonds is 4. The molecule has 2 amide bonds. The van der Waals surface area contributed by atoms with E-state index in [0.717, 1.165) is 11.3 Å². The molecule has 5 nitrogen and oxygen atoms in total. The molecule has 0 bridgehead atoms. The molecule has 0 aromatic carbocycles. The van der Waals surface area contributed by atoms with Crippen LogP contribution < -0.4 is 10.6 Å². The summed E-state index contributed by atoms with van der Waals surface area (Å²) in [6.07, 6.45) is -0.0734. The number of carbonyl (C=O) groups excluding carboxylic acids is 1. The fraction of sp³-hybridized carbons (Fsp3) is 0.333. The minimum absolute atomic E-state index is 0.0734. The van der Waals surface area contributed by atoms with Gasteiger partial charge in [0, 0.05) is 11.9 Å². The molecule has 15 heavy (non-hydrogen) atoms. The lowest BCUT2D eigenvalue weighted by atomic mass is 10.3. The maximum atomic E-state index is 11.2. The van der Waals surface area contributed by atoms with Gasteiger partial charge in [0.2, 0.25) is 0 Å². The van der Waals surface area contributed by atoms with Crippen LogP contribution in [0.1, 0.15) is 12.0 Å². The van der Waals surface area contributed by atoms with E-state index < -0.39 is 5.97 Å². The van der Waals surface area contributed by atoms with Gasteiger partial charge in [0.15, 0.2) is 0 Å². The number of hydrogen-bond acceptors (Lipinski definition) is 3. The van der Waals surface area contributed by atoms with Gasteiger partial charge in [0.05, 0.1) is 12.1 Å². The van der Waals surface area contributed by atoms with Gasteiger partial charge in [-0.2, -0.15) is 0 Å². The standard InChI is InChI=1S/C9H12N2O3S/c1-6-4-15-5-7(6)11-9(14)10-3-2-8(12)13/h4-5H,2-3H2,1H3,(H,12,13)(H2,10,11,14). The topological polar surface area (TPSA) is 78.4 Å². The highest BCUT2D eigenvalue weighted by Crippen LogP contribution is 2.18. The van der Waals surface area contributed by atoms with E-state index in [1.807, 2.05) is 17.7 Å². The van der Waals surface area contributed by atoms with Crippen molar-refractivity contribution in [3.05, 3.63) is 16.3 Å². The second-order valence-electron chi connectivity index (χ2n) is 2.99. The van der Waals surface area contributed by atoms with Gasteiger partial charge in [-0.3, -0.25) is 4.79 Å². The van der Waals surface area contributed by atoms with E-state index in [1.165, 1.54) is 11.3 Å². The van der Waals surface area contributed by atoms with Crippen LogP contribution in [0, 0.1) is 6.92 Å². The molecule has 1 aromatic heterocycles.